The smallest absolute Gasteiger partial charge is 0.269 e. The number of anilines is 1. The number of rotatable bonds is 3. The molecule has 1 atom stereocenters. The Bertz CT molecular complexity index is 996. The Morgan fingerprint density at radius 3 is 2.85 bits per heavy atom. The number of thioether (sulfide) groups is 1. The summed E-state index contributed by atoms with van der Waals surface area (Å²) >= 11 is 1.75. The van der Waals surface area contributed by atoms with E-state index in [1.165, 1.54) is 0 Å². The molecule has 0 fully saturated rings. The molecular formula is C20H17N3O3S. The second-order valence-corrected chi connectivity index (χ2v) is 7.41. The van der Waals surface area contributed by atoms with Gasteiger partial charge < -0.3 is 19.4 Å². The molecule has 0 saturated heterocycles. The lowest BCUT2D eigenvalue weighted by atomic mass is 10.1. The van der Waals surface area contributed by atoms with E-state index in [2.05, 4.69) is 14.9 Å². The van der Waals surface area contributed by atoms with Crippen LogP contribution in [0.15, 0.2) is 59.9 Å². The average molecular weight is 379 g/mol. The number of nitrogens with one attached hydrogen (secondary N) is 1. The van der Waals surface area contributed by atoms with Gasteiger partial charge in [-0.2, -0.15) is 0 Å². The van der Waals surface area contributed by atoms with Gasteiger partial charge in [-0.3, -0.25) is 4.79 Å². The van der Waals surface area contributed by atoms with Gasteiger partial charge in [0.2, 0.25) is 6.10 Å². The molecule has 2 aromatic carbocycles. The van der Waals surface area contributed by atoms with Crippen molar-refractivity contribution in [2.75, 3.05) is 17.7 Å². The molecule has 3 aromatic rings. The number of carbonyl (C=O) groups is 1. The van der Waals surface area contributed by atoms with Crippen LogP contribution in [0.2, 0.25) is 0 Å². The van der Waals surface area contributed by atoms with Crippen LogP contribution in [0.25, 0.3) is 11.3 Å². The number of carbonyl (C=O) groups excluding carboxylic acids is 1. The number of nitrogens with zero attached hydrogens (tertiary/aromatic N) is 2. The average Bonchev–Trinajstić information content (AvgIpc) is 3.30. The van der Waals surface area contributed by atoms with E-state index >= 15 is 0 Å². The Morgan fingerprint density at radius 2 is 1.96 bits per heavy atom. The minimum absolute atomic E-state index is 0.181. The molecule has 7 heteroatoms. The first-order valence-corrected chi connectivity index (χ1v) is 9.75. The zero-order valence-electron chi connectivity index (χ0n) is 14.4. The van der Waals surface area contributed by atoms with Crippen molar-refractivity contribution in [1.82, 2.24) is 9.55 Å². The maximum absolute atomic E-state index is 12.8. The first-order valence-electron chi connectivity index (χ1n) is 8.77. The standard InChI is InChI=1S/C20H17N3O3S/c24-19(18-12-25-16-7-3-4-8-17(16)26-18)21-14-6-2-1-5-13(14)15-11-23-9-10-27-20(23)22-15/h1-8,11,18H,9-10,12H2,(H,21,24). The van der Waals surface area contributed by atoms with Gasteiger partial charge in [-0.15, -0.1) is 0 Å². The Morgan fingerprint density at radius 1 is 1.15 bits per heavy atom. The van der Waals surface area contributed by atoms with Gasteiger partial charge >= 0.3 is 0 Å². The van der Waals surface area contributed by atoms with Crippen LogP contribution in [0.5, 0.6) is 11.5 Å². The maximum atomic E-state index is 12.8. The molecule has 5 rings (SSSR count). The predicted octanol–water partition coefficient (Wildman–Crippen LogP) is 3.43. The summed E-state index contributed by atoms with van der Waals surface area (Å²) in [6, 6.07) is 15.0. The predicted molar refractivity (Wildman–Crippen MR) is 103 cm³/mol. The molecule has 1 aromatic heterocycles. The lowest BCUT2D eigenvalue weighted by Gasteiger charge is -2.25. The van der Waals surface area contributed by atoms with Crippen LogP contribution < -0.4 is 14.8 Å². The molecular weight excluding hydrogens is 362 g/mol. The van der Waals surface area contributed by atoms with E-state index in [0.29, 0.717) is 17.2 Å². The Hall–Kier alpha value is -2.93. The van der Waals surface area contributed by atoms with Gasteiger partial charge in [0.05, 0.1) is 11.4 Å². The molecule has 1 amide bonds. The number of fused-ring (bicyclic) bond motifs is 2. The molecule has 1 N–H and O–H groups in total. The molecule has 0 aliphatic carbocycles. The number of aryl methyl sites for hydroxylation is 1. The Balaban J connectivity index is 1.37. The van der Waals surface area contributed by atoms with Gasteiger partial charge in [-0.25, -0.2) is 4.98 Å². The number of benzene rings is 2. The topological polar surface area (TPSA) is 65.4 Å². The number of imidazole rings is 1. The lowest BCUT2D eigenvalue weighted by molar-refractivity contribution is -0.125. The number of ether oxygens (including phenoxy) is 2. The van der Waals surface area contributed by atoms with Crippen LogP contribution in [0, 0.1) is 0 Å². The quantitative estimate of drug-likeness (QED) is 0.755. The monoisotopic (exact) mass is 379 g/mol. The molecule has 27 heavy (non-hydrogen) atoms. The molecule has 2 aliphatic rings. The summed E-state index contributed by atoms with van der Waals surface area (Å²) in [6.07, 6.45) is 1.34. The van der Waals surface area contributed by atoms with Crippen molar-refractivity contribution in [3.63, 3.8) is 0 Å². The molecule has 6 nitrogen and oxygen atoms in total. The first-order chi connectivity index (χ1) is 13.3. The minimum Gasteiger partial charge on any atom is -0.485 e. The second kappa shape index (κ2) is 6.66. The highest BCUT2D eigenvalue weighted by Crippen LogP contribution is 2.34. The van der Waals surface area contributed by atoms with Crippen LogP contribution >= 0.6 is 11.8 Å². The van der Waals surface area contributed by atoms with Crippen molar-refractivity contribution in [1.29, 1.82) is 0 Å². The molecule has 0 radical (unpaired) electrons. The summed E-state index contributed by atoms with van der Waals surface area (Å²) < 4.78 is 13.6. The van der Waals surface area contributed by atoms with Crippen molar-refractivity contribution in [3.8, 4) is 22.8 Å². The number of amides is 1. The summed E-state index contributed by atoms with van der Waals surface area (Å²) in [7, 11) is 0. The van der Waals surface area contributed by atoms with E-state index in [-0.39, 0.29) is 12.5 Å². The highest BCUT2D eigenvalue weighted by Gasteiger charge is 2.28. The normalized spacial score (nSPS) is 17.4. The largest absolute Gasteiger partial charge is 0.485 e. The van der Waals surface area contributed by atoms with E-state index in [0.717, 1.165) is 28.7 Å². The van der Waals surface area contributed by atoms with Crippen LogP contribution in [-0.4, -0.2) is 33.9 Å². The summed E-state index contributed by atoms with van der Waals surface area (Å²) in [5.41, 5.74) is 2.47. The van der Waals surface area contributed by atoms with Crippen molar-refractivity contribution in [2.45, 2.75) is 17.8 Å². The number of hydrogen-bond donors (Lipinski definition) is 1. The highest BCUT2D eigenvalue weighted by molar-refractivity contribution is 7.99. The zero-order chi connectivity index (χ0) is 18.2. The molecule has 3 heterocycles. The Kier molecular flexibility index (Phi) is 4.01. The number of hydrogen-bond acceptors (Lipinski definition) is 5. The van der Waals surface area contributed by atoms with Crippen molar-refractivity contribution >= 4 is 23.4 Å². The van der Waals surface area contributed by atoms with Gasteiger partial charge in [-0.1, -0.05) is 42.1 Å². The molecule has 2 aliphatic heterocycles. The number of aromatic nitrogens is 2. The lowest BCUT2D eigenvalue weighted by Crippen LogP contribution is -2.40. The number of para-hydroxylation sites is 3. The fraction of sp³-hybridized carbons (Fsp3) is 0.200. The summed E-state index contributed by atoms with van der Waals surface area (Å²) in [6.45, 7) is 1.15. The third kappa shape index (κ3) is 3.04. The molecule has 0 spiro atoms. The highest BCUT2D eigenvalue weighted by atomic mass is 32.2. The zero-order valence-corrected chi connectivity index (χ0v) is 15.2. The van der Waals surface area contributed by atoms with Crippen LogP contribution in [0.3, 0.4) is 0 Å². The summed E-state index contributed by atoms with van der Waals surface area (Å²) in [5, 5.41) is 3.99. The van der Waals surface area contributed by atoms with Crippen molar-refractivity contribution in [2.24, 2.45) is 0 Å². The summed E-state index contributed by atoms with van der Waals surface area (Å²) in [5.74, 6) is 2.06. The van der Waals surface area contributed by atoms with Gasteiger partial charge in [0.25, 0.3) is 5.91 Å². The maximum Gasteiger partial charge on any atom is 0.269 e. The molecule has 0 bridgehead atoms. The van der Waals surface area contributed by atoms with Gasteiger partial charge in [0, 0.05) is 24.1 Å². The molecule has 136 valence electrons. The first kappa shape index (κ1) is 16.3. The summed E-state index contributed by atoms with van der Waals surface area (Å²) in [4.78, 5) is 17.4. The van der Waals surface area contributed by atoms with E-state index < -0.39 is 6.10 Å². The SMILES string of the molecule is O=C(Nc1ccccc1-c1cn2c(n1)SCC2)C1COc2ccccc2O1. The van der Waals surface area contributed by atoms with Gasteiger partial charge in [0.15, 0.2) is 16.7 Å². The van der Waals surface area contributed by atoms with E-state index in [1.807, 2.05) is 48.7 Å². The van der Waals surface area contributed by atoms with E-state index in [4.69, 9.17) is 9.47 Å². The van der Waals surface area contributed by atoms with Gasteiger partial charge in [0.1, 0.15) is 6.61 Å². The van der Waals surface area contributed by atoms with E-state index in [9.17, 15) is 4.79 Å². The van der Waals surface area contributed by atoms with Crippen molar-refractivity contribution in [3.05, 3.63) is 54.7 Å². The minimum atomic E-state index is -0.699. The van der Waals surface area contributed by atoms with Gasteiger partial charge in [-0.05, 0) is 18.2 Å². The van der Waals surface area contributed by atoms with E-state index in [1.54, 1.807) is 17.8 Å². The molecule has 1 unspecified atom stereocenters. The second-order valence-electron chi connectivity index (χ2n) is 6.35. The fourth-order valence-corrected chi connectivity index (χ4v) is 4.16. The molecule has 0 saturated carbocycles. The fourth-order valence-electron chi connectivity index (χ4n) is 3.22. The third-order valence-electron chi connectivity index (χ3n) is 4.57. The third-order valence-corrected chi connectivity index (χ3v) is 5.54. The van der Waals surface area contributed by atoms with Crippen molar-refractivity contribution < 1.29 is 14.3 Å². The Labute approximate surface area is 160 Å². The van der Waals surface area contributed by atoms with Crippen LogP contribution in [0.4, 0.5) is 5.69 Å². The van der Waals surface area contributed by atoms with Crippen LogP contribution in [0.1, 0.15) is 0 Å². The van der Waals surface area contributed by atoms with Crippen LogP contribution in [-0.2, 0) is 11.3 Å².